The van der Waals surface area contributed by atoms with Crippen LogP contribution in [0.25, 0.3) is 11.4 Å². The summed E-state index contributed by atoms with van der Waals surface area (Å²) in [5.41, 5.74) is 0.473. The fraction of sp³-hybridized carbons (Fsp3) is 0.167. The number of aromatic amines is 1. The lowest BCUT2D eigenvalue weighted by Crippen LogP contribution is -2.12. The van der Waals surface area contributed by atoms with E-state index in [9.17, 15) is 9.90 Å². The first kappa shape index (κ1) is 10.6. The Morgan fingerprint density at radius 1 is 1.33 bits per heavy atom. The summed E-state index contributed by atoms with van der Waals surface area (Å²) < 4.78 is 10.4. The van der Waals surface area contributed by atoms with Crippen LogP contribution in [-0.4, -0.2) is 21.9 Å². The lowest BCUT2D eigenvalue weighted by Gasteiger charge is -2.04. The molecule has 0 radical (unpaired) electrons. The van der Waals surface area contributed by atoms with Crippen molar-refractivity contribution in [1.82, 2.24) is 9.97 Å². The molecule has 0 unspecified atom stereocenters. The molecule has 18 heavy (non-hydrogen) atoms. The Kier molecular flexibility index (Phi) is 2.22. The average Bonchev–Trinajstić information content (AvgIpc) is 2.82. The minimum atomic E-state index is -0.366. The average molecular weight is 246 g/mol. The van der Waals surface area contributed by atoms with Crippen LogP contribution < -0.4 is 15.0 Å². The predicted octanol–water partition coefficient (Wildman–Crippen LogP) is 1.18. The van der Waals surface area contributed by atoms with Gasteiger partial charge in [-0.1, -0.05) is 0 Å². The lowest BCUT2D eigenvalue weighted by molar-refractivity contribution is 0.174. The van der Waals surface area contributed by atoms with E-state index in [2.05, 4.69) is 9.97 Å². The number of benzene rings is 1. The van der Waals surface area contributed by atoms with Crippen LogP contribution in [0.15, 0.2) is 23.0 Å². The first-order valence-corrected chi connectivity index (χ1v) is 5.35. The second-order valence-electron chi connectivity index (χ2n) is 3.93. The highest BCUT2D eigenvalue weighted by Crippen LogP contribution is 2.35. The smallest absolute Gasteiger partial charge is 0.257 e. The minimum Gasteiger partial charge on any atom is -0.493 e. The van der Waals surface area contributed by atoms with Gasteiger partial charge in [0.2, 0.25) is 12.7 Å². The normalized spacial score (nSPS) is 12.7. The van der Waals surface area contributed by atoms with Gasteiger partial charge in [-0.25, -0.2) is 0 Å². The van der Waals surface area contributed by atoms with Crippen molar-refractivity contribution in [2.75, 3.05) is 6.79 Å². The summed E-state index contributed by atoms with van der Waals surface area (Å²) >= 11 is 0. The van der Waals surface area contributed by atoms with Crippen molar-refractivity contribution in [1.29, 1.82) is 0 Å². The van der Waals surface area contributed by atoms with E-state index in [-0.39, 0.29) is 23.8 Å². The summed E-state index contributed by atoms with van der Waals surface area (Å²) in [5.74, 6) is 1.26. The maximum Gasteiger partial charge on any atom is 0.257 e. The molecule has 0 saturated carbocycles. The molecule has 2 heterocycles. The van der Waals surface area contributed by atoms with Crippen molar-refractivity contribution >= 4 is 0 Å². The number of aromatic hydroxyl groups is 1. The molecule has 0 aliphatic carbocycles. The van der Waals surface area contributed by atoms with E-state index >= 15 is 0 Å². The number of aromatic nitrogens is 2. The fourth-order valence-corrected chi connectivity index (χ4v) is 1.70. The van der Waals surface area contributed by atoms with Gasteiger partial charge >= 0.3 is 0 Å². The molecule has 3 rings (SSSR count). The van der Waals surface area contributed by atoms with Crippen LogP contribution in [0.2, 0.25) is 0 Å². The maximum absolute atomic E-state index is 11.6. The number of hydrogen-bond acceptors (Lipinski definition) is 5. The van der Waals surface area contributed by atoms with Gasteiger partial charge in [-0.3, -0.25) is 4.79 Å². The van der Waals surface area contributed by atoms with Crippen molar-refractivity contribution in [3.05, 3.63) is 34.1 Å². The number of hydrogen-bond donors (Lipinski definition) is 2. The Morgan fingerprint density at radius 2 is 2.11 bits per heavy atom. The van der Waals surface area contributed by atoms with Crippen molar-refractivity contribution in [2.45, 2.75) is 6.92 Å². The zero-order valence-electron chi connectivity index (χ0n) is 9.56. The molecule has 92 valence electrons. The van der Waals surface area contributed by atoms with Crippen LogP contribution in [0.5, 0.6) is 17.4 Å². The van der Waals surface area contributed by atoms with Gasteiger partial charge in [0.15, 0.2) is 11.5 Å². The largest absolute Gasteiger partial charge is 0.493 e. The second-order valence-corrected chi connectivity index (χ2v) is 3.93. The Balaban J connectivity index is 2.13. The van der Waals surface area contributed by atoms with Crippen molar-refractivity contribution < 1.29 is 14.6 Å². The van der Waals surface area contributed by atoms with Gasteiger partial charge in [-0.2, -0.15) is 4.98 Å². The molecular formula is C12H10N2O4. The molecule has 1 aromatic heterocycles. The molecule has 0 bridgehead atoms. The van der Waals surface area contributed by atoms with Crippen LogP contribution >= 0.6 is 0 Å². The van der Waals surface area contributed by atoms with Crippen molar-refractivity contribution in [2.24, 2.45) is 0 Å². The zero-order valence-corrected chi connectivity index (χ0v) is 9.56. The number of nitrogens with zero attached hydrogens (tertiary/aromatic N) is 1. The first-order chi connectivity index (χ1) is 8.65. The molecule has 0 saturated heterocycles. The maximum atomic E-state index is 11.6. The standard InChI is InChI=1S/C12H10N2O4/c1-6-11(15)13-10(14-12(6)16)7-2-3-8-9(4-7)18-5-17-8/h2-4H,5H2,1H3,(H2,13,14,15,16). The number of fused-ring (bicyclic) bond motifs is 1. The highest BCUT2D eigenvalue weighted by Gasteiger charge is 2.15. The van der Waals surface area contributed by atoms with E-state index in [0.29, 0.717) is 22.9 Å². The number of rotatable bonds is 1. The molecule has 0 fully saturated rings. The fourth-order valence-electron chi connectivity index (χ4n) is 1.70. The van der Waals surface area contributed by atoms with E-state index in [1.54, 1.807) is 18.2 Å². The molecule has 1 aliphatic rings. The molecular weight excluding hydrogens is 236 g/mol. The third-order valence-corrected chi connectivity index (χ3v) is 2.77. The highest BCUT2D eigenvalue weighted by atomic mass is 16.7. The molecule has 1 aliphatic heterocycles. The van der Waals surface area contributed by atoms with Gasteiger partial charge in [0, 0.05) is 5.56 Å². The third-order valence-electron chi connectivity index (χ3n) is 2.77. The topological polar surface area (TPSA) is 84.4 Å². The second kappa shape index (κ2) is 3.76. The Hall–Kier alpha value is -2.50. The van der Waals surface area contributed by atoms with Gasteiger partial charge in [0.05, 0.1) is 5.56 Å². The first-order valence-electron chi connectivity index (χ1n) is 5.35. The van der Waals surface area contributed by atoms with Crippen LogP contribution in [0.3, 0.4) is 0 Å². The minimum absolute atomic E-state index is 0.182. The summed E-state index contributed by atoms with van der Waals surface area (Å²) in [6.07, 6.45) is 0. The quantitative estimate of drug-likeness (QED) is 0.789. The van der Waals surface area contributed by atoms with Crippen LogP contribution in [-0.2, 0) is 0 Å². The zero-order chi connectivity index (χ0) is 12.7. The van der Waals surface area contributed by atoms with Gasteiger partial charge in [0.25, 0.3) is 5.56 Å². The van der Waals surface area contributed by atoms with Crippen molar-refractivity contribution in [3.63, 3.8) is 0 Å². The van der Waals surface area contributed by atoms with Gasteiger partial charge in [-0.05, 0) is 25.1 Å². The van der Waals surface area contributed by atoms with Gasteiger partial charge in [0.1, 0.15) is 5.82 Å². The monoisotopic (exact) mass is 246 g/mol. The third kappa shape index (κ3) is 1.58. The number of nitrogens with one attached hydrogen (secondary N) is 1. The van der Waals surface area contributed by atoms with Crippen LogP contribution in [0, 0.1) is 6.92 Å². The molecule has 0 amide bonds. The van der Waals surface area contributed by atoms with Gasteiger partial charge in [-0.15, -0.1) is 0 Å². The Labute approximate surface area is 102 Å². The van der Waals surface area contributed by atoms with Crippen LogP contribution in [0.1, 0.15) is 5.56 Å². The molecule has 0 atom stereocenters. The highest BCUT2D eigenvalue weighted by molar-refractivity contribution is 5.62. The Morgan fingerprint density at radius 3 is 2.89 bits per heavy atom. The predicted molar refractivity (Wildman–Crippen MR) is 62.8 cm³/mol. The summed E-state index contributed by atoms with van der Waals surface area (Å²) in [4.78, 5) is 18.1. The summed E-state index contributed by atoms with van der Waals surface area (Å²) in [6, 6.07) is 5.17. The molecule has 2 aromatic rings. The van der Waals surface area contributed by atoms with E-state index < -0.39 is 0 Å². The van der Waals surface area contributed by atoms with E-state index in [1.165, 1.54) is 6.92 Å². The summed E-state index contributed by atoms with van der Waals surface area (Å²) in [6.45, 7) is 1.69. The van der Waals surface area contributed by atoms with E-state index in [0.717, 1.165) is 0 Å². The molecule has 1 aromatic carbocycles. The summed E-state index contributed by atoms with van der Waals surface area (Å²) in [5, 5.41) is 9.55. The molecule has 6 heteroatoms. The van der Waals surface area contributed by atoms with E-state index in [1.807, 2.05) is 0 Å². The number of H-pyrrole nitrogens is 1. The molecule has 6 nitrogen and oxygen atoms in total. The van der Waals surface area contributed by atoms with Gasteiger partial charge < -0.3 is 19.6 Å². The lowest BCUT2D eigenvalue weighted by atomic mass is 10.2. The Bertz CT molecular complexity index is 678. The number of ether oxygens (including phenoxy) is 2. The molecule has 0 spiro atoms. The molecule has 2 N–H and O–H groups in total. The SMILES string of the molecule is Cc1c(O)nc(-c2ccc3c(c2)OCO3)[nH]c1=O. The van der Waals surface area contributed by atoms with Crippen LogP contribution in [0.4, 0.5) is 0 Å². The van der Waals surface area contributed by atoms with E-state index in [4.69, 9.17) is 9.47 Å². The van der Waals surface area contributed by atoms with Crippen molar-refractivity contribution in [3.8, 4) is 28.8 Å². The summed E-state index contributed by atoms with van der Waals surface area (Å²) in [7, 11) is 0.